The van der Waals surface area contributed by atoms with Crippen LogP contribution in [-0.4, -0.2) is 33.8 Å². The molecule has 0 bridgehead atoms. The van der Waals surface area contributed by atoms with Crippen molar-refractivity contribution in [2.75, 3.05) is 27.8 Å². The molecule has 2 aromatic carbocycles. The van der Waals surface area contributed by atoms with Gasteiger partial charge in [-0.05, 0) is 43.9 Å². The first-order valence-corrected chi connectivity index (χ1v) is 11.7. The summed E-state index contributed by atoms with van der Waals surface area (Å²) < 4.78 is 41.1. The van der Waals surface area contributed by atoms with Gasteiger partial charge in [-0.15, -0.1) is 0 Å². The summed E-state index contributed by atoms with van der Waals surface area (Å²) >= 11 is 0. The predicted octanol–water partition coefficient (Wildman–Crippen LogP) is 5.21. The average Bonchev–Trinajstić information content (AvgIpc) is 3.53. The Kier molecular flexibility index (Phi) is 5.91. The molecular weight excluding hydrogens is 452 g/mol. The fraction of sp³-hybridized carbons (Fsp3) is 0.444. The summed E-state index contributed by atoms with van der Waals surface area (Å²) in [4.78, 5) is 13.0. The molecule has 8 nitrogen and oxygen atoms in total. The summed E-state index contributed by atoms with van der Waals surface area (Å²) in [5.74, 6) is 3.06. The second-order valence-electron chi connectivity index (χ2n) is 9.12. The number of allylic oxidation sites excluding steroid dienone is 1. The minimum absolute atomic E-state index is 0.0167. The molecule has 3 aliphatic rings. The zero-order chi connectivity index (χ0) is 24.9. The molecule has 0 radical (unpaired) electrons. The second kappa shape index (κ2) is 8.91. The molecular formula is C27H30O8. The molecule has 2 aromatic rings. The maximum absolute atomic E-state index is 13.0. The monoisotopic (exact) mass is 482 g/mol. The smallest absolute Gasteiger partial charge is 0.333 e. The molecule has 1 aliphatic carbocycles. The van der Waals surface area contributed by atoms with Gasteiger partial charge in [0.1, 0.15) is 6.10 Å². The number of ether oxygens (including phenoxy) is 7. The Morgan fingerprint density at radius 1 is 0.943 bits per heavy atom. The largest absolute Gasteiger partial charge is 0.492 e. The zero-order valence-electron chi connectivity index (χ0n) is 20.9. The molecule has 2 heterocycles. The fourth-order valence-corrected chi connectivity index (χ4v) is 5.01. The molecule has 0 amide bonds. The Morgan fingerprint density at radius 3 is 2.14 bits per heavy atom. The van der Waals surface area contributed by atoms with Crippen LogP contribution in [0.2, 0.25) is 0 Å². The third-order valence-electron chi connectivity index (χ3n) is 7.22. The van der Waals surface area contributed by atoms with Gasteiger partial charge in [-0.2, -0.15) is 0 Å². The number of benzene rings is 2. The van der Waals surface area contributed by atoms with Crippen LogP contribution in [0.3, 0.4) is 0 Å². The number of hydrogen-bond acceptors (Lipinski definition) is 8. The first kappa shape index (κ1) is 23.2. The van der Waals surface area contributed by atoms with Crippen molar-refractivity contribution >= 4 is 5.97 Å². The number of esters is 1. The van der Waals surface area contributed by atoms with Crippen molar-refractivity contribution in [3.05, 3.63) is 34.9 Å². The van der Waals surface area contributed by atoms with Gasteiger partial charge in [0.05, 0.1) is 14.2 Å². The third kappa shape index (κ3) is 3.63. The number of carbonyl (C=O) groups is 1. The van der Waals surface area contributed by atoms with E-state index in [4.69, 9.17) is 33.2 Å². The fourth-order valence-electron chi connectivity index (χ4n) is 5.01. The summed E-state index contributed by atoms with van der Waals surface area (Å²) in [6, 6.07) is 3.90. The standard InChI is InChI=1S/C27H30O8/c1-7-13(2)27(28)35-22-15(4)14(3)8-16-9-18-23(33-11-31-18)25(29-5)20(16)21-17(22)10-19-24(26(21)30-6)34-12-32-19/h7,9-10,14-15,22H,8,11-12H2,1-6H3. The van der Waals surface area contributed by atoms with E-state index < -0.39 is 6.10 Å². The number of rotatable bonds is 4. The molecule has 0 aromatic heterocycles. The molecule has 0 fully saturated rings. The minimum atomic E-state index is -0.561. The Morgan fingerprint density at radius 2 is 1.54 bits per heavy atom. The van der Waals surface area contributed by atoms with Crippen LogP contribution in [0.5, 0.6) is 34.5 Å². The van der Waals surface area contributed by atoms with E-state index in [0.717, 1.165) is 22.3 Å². The van der Waals surface area contributed by atoms with Gasteiger partial charge in [-0.3, -0.25) is 0 Å². The van der Waals surface area contributed by atoms with E-state index in [1.54, 1.807) is 27.2 Å². The average molecular weight is 483 g/mol. The summed E-state index contributed by atoms with van der Waals surface area (Å²) in [5.41, 5.74) is 3.88. The van der Waals surface area contributed by atoms with Gasteiger partial charge in [0.2, 0.25) is 25.1 Å². The lowest BCUT2D eigenvalue weighted by atomic mass is 9.76. The third-order valence-corrected chi connectivity index (χ3v) is 7.22. The maximum Gasteiger partial charge on any atom is 0.333 e. The van der Waals surface area contributed by atoms with E-state index in [1.165, 1.54) is 0 Å². The maximum atomic E-state index is 13.0. The molecule has 0 saturated heterocycles. The van der Waals surface area contributed by atoms with Crippen LogP contribution in [0.25, 0.3) is 11.1 Å². The molecule has 0 spiro atoms. The Hall–Kier alpha value is -3.55. The van der Waals surface area contributed by atoms with Crippen molar-refractivity contribution in [1.82, 2.24) is 0 Å². The van der Waals surface area contributed by atoms with Crippen molar-refractivity contribution in [3.8, 4) is 45.6 Å². The second-order valence-corrected chi connectivity index (χ2v) is 9.12. The SMILES string of the molecule is CC=C(C)C(=O)OC1c2cc3c(c(OC)c2-c2c(cc4c(c2OC)OCO4)CC(C)C1C)OCO3. The number of carbonyl (C=O) groups excluding carboxylic acids is 1. The van der Waals surface area contributed by atoms with E-state index in [2.05, 4.69) is 13.8 Å². The van der Waals surface area contributed by atoms with Gasteiger partial charge < -0.3 is 33.2 Å². The lowest BCUT2D eigenvalue weighted by Crippen LogP contribution is -2.27. The van der Waals surface area contributed by atoms with Crippen molar-refractivity contribution in [2.45, 2.75) is 40.2 Å². The topological polar surface area (TPSA) is 81.7 Å². The van der Waals surface area contributed by atoms with Crippen LogP contribution in [0.4, 0.5) is 0 Å². The van der Waals surface area contributed by atoms with Crippen LogP contribution in [0.1, 0.15) is 44.9 Å². The highest BCUT2D eigenvalue weighted by atomic mass is 16.7. The van der Waals surface area contributed by atoms with Crippen molar-refractivity contribution in [1.29, 1.82) is 0 Å². The highest BCUT2D eigenvalue weighted by Crippen LogP contribution is 2.59. The zero-order valence-corrected chi connectivity index (χ0v) is 20.9. The molecule has 8 heteroatoms. The van der Waals surface area contributed by atoms with E-state index in [1.807, 2.05) is 19.1 Å². The van der Waals surface area contributed by atoms with Gasteiger partial charge in [0, 0.05) is 28.2 Å². The Bertz CT molecular complexity index is 1210. The van der Waals surface area contributed by atoms with E-state index in [9.17, 15) is 4.79 Å². The quantitative estimate of drug-likeness (QED) is 0.434. The van der Waals surface area contributed by atoms with Crippen LogP contribution >= 0.6 is 0 Å². The van der Waals surface area contributed by atoms with Crippen molar-refractivity contribution < 1.29 is 38.0 Å². The highest BCUT2D eigenvalue weighted by Gasteiger charge is 2.40. The van der Waals surface area contributed by atoms with Crippen molar-refractivity contribution in [3.63, 3.8) is 0 Å². The molecule has 0 saturated carbocycles. The van der Waals surface area contributed by atoms with E-state index >= 15 is 0 Å². The summed E-state index contributed by atoms with van der Waals surface area (Å²) in [5, 5.41) is 0. The normalized spacial score (nSPS) is 22.0. The highest BCUT2D eigenvalue weighted by molar-refractivity contribution is 5.90. The first-order chi connectivity index (χ1) is 16.9. The van der Waals surface area contributed by atoms with Crippen LogP contribution in [0.15, 0.2) is 23.8 Å². The molecule has 5 rings (SSSR count). The van der Waals surface area contributed by atoms with Crippen LogP contribution < -0.4 is 28.4 Å². The van der Waals surface area contributed by atoms with Crippen LogP contribution in [-0.2, 0) is 16.0 Å². The molecule has 0 N–H and O–H groups in total. The number of methoxy groups -OCH3 is 2. The van der Waals surface area contributed by atoms with Gasteiger partial charge in [0.25, 0.3) is 0 Å². The first-order valence-electron chi connectivity index (χ1n) is 11.7. The lowest BCUT2D eigenvalue weighted by Gasteiger charge is -2.35. The summed E-state index contributed by atoms with van der Waals surface area (Å²) in [7, 11) is 3.20. The van der Waals surface area contributed by atoms with E-state index in [-0.39, 0.29) is 31.4 Å². The van der Waals surface area contributed by atoms with Gasteiger partial charge in [-0.25, -0.2) is 4.79 Å². The Labute approximate surface area is 204 Å². The molecule has 3 atom stereocenters. The van der Waals surface area contributed by atoms with Crippen LogP contribution in [0, 0.1) is 11.8 Å². The number of hydrogen-bond donors (Lipinski definition) is 0. The minimum Gasteiger partial charge on any atom is -0.492 e. The van der Waals surface area contributed by atoms with E-state index in [0.29, 0.717) is 46.5 Å². The molecule has 2 aliphatic heterocycles. The Balaban J connectivity index is 1.85. The molecule has 186 valence electrons. The van der Waals surface area contributed by atoms with Gasteiger partial charge in [-0.1, -0.05) is 19.9 Å². The van der Waals surface area contributed by atoms with Gasteiger partial charge >= 0.3 is 5.97 Å². The van der Waals surface area contributed by atoms with Crippen molar-refractivity contribution in [2.24, 2.45) is 11.8 Å². The summed E-state index contributed by atoms with van der Waals surface area (Å²) in [6.45, 7) is 8.02. The molecule has 3 unspecified atom stereocenters. The summed E-state index contributed by atoms with van der Waals surface area (Å²) in [6.07, 6.45) is 1.89. The molecule has 35 heavy (non-hydrogen) atoms. The number of fused-ring (bicyclic) bond motifs is 5. The van der Waals surface area contributed by atoms with Gasteiger partial charge in [0.15, 0.2) is 23.0 Å². The predicted molar refractivity (Wildman–Crippen MR) is 128 cm³/mol. The lowest BCUT2D eigenvalue weighted by molar-refractivity contribution is -0.148.